The summed E-state index contributed by atoms with van der Waals surface area (Å²) in [7, 11) is 0. The van der Waals surface area contributed by atoms with Gasteiger partial charge in [-0.15, -0.1) is 5.10 Å². The van der Waals surface area contributed by atoms with Crippen LogP contribution in [-0.2, 0) is 19.5 Å². The Kier molecular flexibility index (Phi) is 6.76. The van der Waals surface area contributed by atoms with Crippen molar-refractivity contribution in [3.63, 3.8) is 0 Å². The van der Waals surface area contributed by atoms with Crippen molar-refractivity contribution in [2.45, 2.75) is 52.6 Å². The lowest BCUT2D eigenvalue weighted by molar-refractivity contribution is 0.139. The molecule has 0 atom stereocenters. The molecule has 0 fully saturated rings. The maximum Gasteiger partial charge on any atom is 0.329 e. The molecule has 0 unspecified atom stereocenters. The highest BCUT2D eigenvalue weighted by atomic mass is 19.3. The number of nitrogens with one attached hydrogen (secondary N) is 1. The Morgan fingerprint density at radius 2 is 1.70 bits per heavy atom. The highest BCUT2D eigenvalue weighted by Crippen LogP contribution is 2.30. The first-order valence-corrected chi connectivity index (χ1v) is 11.1. The first-order chi connectivity index (χ1) is 16.0. The second-order valence-corrected chi connectivity index (χ2v) is 7.90. The zero-order valence-electron chi connectivity index (χ0n) is 18.6. The van der Waals surface area contributed by atoms with Crippen LogP contribution in [0, 0.1) is 0 Å². The third-order valence-corrected chi connectivity index (χ3v) is 5.65. The first kappa shape index (κ1) is 22.6. The third-order valence-electron chi connectivity index (χ3n) is 5.65. The topological polar surface area (TPSA) is 81.4 Å². The van der Waals surface area contributed by atoms with Crippen LogP contribution in [0.1, 0.15) is 50.1 Å². The van der Waals surface area contributed by atoms with E-state index in [4.69, 9.17) is 0 Å². The molecule has 4 aromatic rings. The summed E-state index contributed by atoms with van der Waals surface area (Å²) in [6.07, 6.45) is -0.954. The summed E-state index contributed by atoms with van der Waals surface area (Å²) in [5, 5.41) is 14.1. The van der Waals surface area contributed by atoms with Crippen LogP contribution in [0.15, 0.2) is 53.3 Å². The predicted molar refractivity (Wildman–Crippen MR) is 122 cm³/mol. The van der Waals surface area contributed by atoms with E-state index in [1.807, 2.05) is 62.4 Å². The van der Waals surface area contributed by atoms with Crippen LogP contribution < -0.4 is 5.69 Å². The summed E-state index contributed by atoms with van der Waals surface area (Å²) < 4.78 is 30.5. The summed E-state index contributed by atoms with van der Waals surface area (Å²) >= 11 is 0. The van der Waals surface area contributed by atoms with Gasteiger partial charge in [0.1, 0.15) is 5.69 Å². The number of rotatable bonds is 9. The number of H-pyrrole nitrogens is 1. The van der Waals surface area contributed by atoms with Crippen molar-refractivity contribution in [3.8, 4) is 22.5 Å². The van der Waals surface area contributed by atoms with E-state index in [0.29, 0.717) is 30.8 Å². The van der Waals surface area contributed by atoms with E-state index in [2.05, 4.69) is 20.6 Å². The number of nitrogens with zero attached hydrogens (tertiary/aromatic N) is 5. The standard InChI is InChI=1S/C24H26F2N6O/c1-3-7-20-21(22(25)26)31(14-4-2)24(33)32(20)15-16-10-12-17(13-11-16)18-8-5-6-9-19(18)23-27-29-30-28-23/h5-6,8-13,22H,3-4,7,14-15H2,1-2H3,(H,27,28,29,30). The van der Waals surface area contributed by atoms with Crippen molar-refractivity contribution in [1.82, 2.24) is 29.8 Å². The van der Waals surface area contributed by atoms with Crippen LogP contribution >= 0.6 is 0 Å². The number of aromatic nitrogens is 6. The Hall–Kier alpha value is -3.62. The minimum absolute atomic E-state index is 0.144. The molecule has 0 aliphatic carbocycles. The van der Waals surface area contributed by atoms with Gasteiger partial charge in [0, 0.05) is 17.8 Å². The highest BCUT2D eigenvalue weighted by Gasteiger charge is 2.25. The Balaban J connectivity index is 1.69. The molecule has 2 aromatic carbocycles. The second kappa shape index (κ2) is 9.89. The van der Waals surface area contributed by atoms with Gasteiger partial charge in [0.25, 0.3) is 6.43 Å². The van der Waals surface area contributed by atoms with Gasteiger partial charge in [-0.25, -0.2) is 18.7 Å². The molecule has 0 saturated heterocycles. The molecule has 0 bridgehead atoms. The van der Waals surface area contributed by atoms with Crippen molar-refractivity contribution in [3.05, 3.63) is 76.0 Å². The largest absolute Gasteiger partial charge is 0.329 e. The Morgan fingerprint density at radius 1 is 0.970 bits per heavy atom. The summed E-state index contributed by atoms with van der Waals surface area (Å²) in [6.45, 7) is 4.34. The van der Waals surface area contributed by atoms with Gasteiger partial charge in [0.05, 0.1) is 6.54 Å². The molecule has 0 aliphatic heterocycles. The van der Waals surface area contributed by atoms with E-state index >= 15 is 0 Å². The van der Waals surface area contributed by atoms with E-state index in [-0.39, 0.29) is 24.5 Å². The fourth-order valence-electron chi connectivity index (χ4n) is 4.19. The molecule has 0 spiro atoms. The van der Waals surface area contributed by atoms with Crippen LogP contribution in [-0.4, -0.2) is 29.8 Å². The lowest BCUT2D eigenvalue weighted by Gasteiger charge is -2.11. The smallest absolute Gasteiger partial charge is 0.291 e. The van der Waals surface area contributed by atoms with Crippen LogP contribution in [0.3, 0.4) is 0 Å². The maximum absolute atomic E-state index is 13.9. The maximum atomic E-state index is 13.9. The second-order valence-electron chi connectivity index (χ2n) is 7.90. The van der Waals surface area contributed by atoms with E-state index in [1.165, 1.54) is 9.13 Å². The van der Waals surface area contributed by atoms with E-state index < -0.39 is 6.43 Å². The molecule has 1 N–H and O–H groups in total. The van der Waals surface area contributed by atoms with Gasteiger partial charge in [-0.1, -0.05) is 68.8 Å². The number of aromatic amines is 1. The molecule has 0 saturated carbocycles. The fraction of sp³-hybridized carbons (Fsp3) is 0.333. The molecule has 7 nitrogen and oxygen atoms in total. The average molecular weight is 453 g/mol. The van der Waals surface area contributed by atoms with Crippen LogP contribution in [0.4, 0.5) is 8.78 Å². The number of hydrogen-bond donors (Lipinski definition) is 1. The zero-order valence-corrected chi connectivity index (χ0v) is 18.6. The molecule has 9 heteroatoms. The summed E-state index contributed by atoms with van der Waals surface area (Å²) in [5.74, 6) is 0.572. The Morgan fingerprint density at radius 3 is 2.30 bits per heavy atom. The van der Waals surface area contributed by atoms with Crippen LogP contribution in [0.5, 0.6) is 0 Å². The van der Waals surface area contributed by atoms with Crippen molar-refractivity contribution >= 4 is 0 Å². The minimum atomic E-state index is -2.68. The van der Waals surface area contributed by atoms with Gasteiger partial charge in [0.15, 0.2) is 5.82 Å². The number of benzene rings is 2. The number of imidazole rings is 1. The molecule has 0 radical (unpaired) electrons. The lowest BCUT2D eigenvalue weighted by atomic mass is 9.98. The van der Waals surface area contributed by atoms with Crippen LogP contribution in [0.2, 0.25) is 0 Å². The molecule has 0 amide bonds. The highest BCUT2D eigenvalue weighted by molar-refractivity contribution is 5.80. The lowest BCUT2D eigenvalue weighted by Crippen LogP contribution is -2.26. The number of hydrogen-bond acceptors (Lipinski definition) is 4. The molecular weight excluding hydrogens is 426 g/mol. The Bertz CT molecular complexity index is 1260. The normalized spacial score (nSPS) is 11.4. The molecular formula is C24H26F2N6O. The number of alkyl halides is 2. The summed E-state index contributed by atoms with van der Waals surface area (Å²) in [6, 6.07) is 15.5. The first-order valence-electron chi connectivity index (χ1n) is 11.1. The molecule has 2 aromatic heterocycles. The fourth-order valence-corrected chi connectivity index (χ4v) is 4.19. The molecule has 2 heterocycles. The van der Waals surface area contributed by atoms with Gasteiger partial charge >= 0.3 is 5.69 Å². The third kappa shape index (κ3) is 4.48. The van der Waals surface area contributed by atoms with Crippen LogP contribution in [0.25, 0.3) is 22.5 Å². The molecule has 0 aliphatic rings. The van der Waals surface area contributed by atoms with E-state index in [1.54, 1.807) is 0 Å². The van der Waals surface area contributed by atoms with Gasteiger partial charge in [-0.05, 0) is 40.0 Å². The van der Waals surface area contributed by atoms with Gasteiger partial charge in [0.2, 0.25) is 0 Å². The van der Waals surface area contributed by atoms with Gasteiger partial charge in [-0.2, -0.15) is 0 Å². The Labute approximate surface area is 190 Å². The molecule has 33 heavy (non-hydrogen) atoms. The summed E-state index contributed by atoms with van der Waals surface area (Å²) in [4.78, 5) is 13.0. The van der Waals surface area contributed by atoms with E-state index in [0.717, 1.165) is 22.3 Å². The number of tetrazole rings is 1. The number of halogens is 2. The zero-order chi connectivity index (χ0) is 23.4. The summed E-state index contributed by atoms with van der Waals surface area (Å²) in [5.41, 5.74) is 3.57. The van der Waals surface area contributed by atoms with Crippen molar-refractivity contribution in [2.24, 2.45) is 0 Å². The van der Waals surface area contributed by atoms with Gasteiger partial charge in [-0.3, -0.25) is 9.13 Å². The van der Waals surface area contributed by atoms with Crippen molar-refractivity contribution in [1.29, 1.82) is 0 Å². The minimum Gasteiger partial charge on any atom is -0.291 e. The van der Waals surface area contributed by atoms with E-state index in [9.17, 15) is 13.6 Å². The molecule has 4 rings (SSSR count). The average Bonchev–Trinajstić information content (AvgIpc) is 3.44. The quantitative estimate of drug-likeness (QED) is 0.394. The SMILES string of the molecule is CCCc1c(C(F)F)n(CCC)c(=O)n1Cc1ccc(-c2ccccc2-c2nnn[nH]2)cc1. The monoisotopic (exact) mass is 452 g/mol. The molecule has 172 valence electrons. The van der Waals surface area contributed by atoms with Gasteiger partial charge < -0.3 is 0 Å². The predicted octanol–water partition coefficient (Wildman–Crippen LogP) is 4.85. The van der Waals surface area contributed by atoms with Crippen molar-refractivity contribution < 1.29 is 8.78 Å². The van der Waals surface area contributed by atoms with Crippen molar-refractivity contribution in [2.75, 3.05) is 0 Å².